The number of hydrogen-bond acceptors (Lipinski definition) is 1. The number of halogens is 1. The van der Waals surface area contributed by atoms with Crippen LogP contribution in [0.25, 0.3) is 0 Å². The number of alkyl halides is 1. The fourth-order valence-corrected chi connectivity index (χ4v) is 2.61. The molecule has 1 aliphatic rings. The van der Waals surface area contributed by atoms with Gasteiger partial charge in [-0.2, -0.15) is 0 Å². The summed E-state index contributed by atoms with van der Waals surface area (Å²) in [6, 6.07) is 0. The van der Waals surface area contributed by atoms with Gasteiger partial charge in [0.1, 0.15) is 0 Å². The quantitative estimate of drug-likeness (QED) is 0.547. The zero-order chi connectivity index (χ0) is 10.6. The lowest BCUT2D eigenvalue weighted by Crippen LogP contribution is -2.19. The molecule has 0 N–H and O–H groups in total. The summed E-state index contributed by atoms with van der Waals surface area (Å²) in [5.41, 5.74) is 0. The smallest absolute Gasteiger partial charge is 0.0605 e. The normalized spacial score (nSPS) is 31.7. The van der Waals surface area contributed by atoms with Crippen LogP contribution >= 0.6 is 22.6 Å². The van der Waals surface area contributed by atoms with Crippen LogP contribution in [0.1, 0.15) is 52.9 Å². The van der Waals surface area contributed by atoms with Crippen LogP contribution in [0.5, 0.6) is 0 Å². The van der Waals surface area contributed by atoms with Gasteiger partial charge < -0.3 is 4.74 Å². The second kappa shape index (κ2) is 6.31. The van der Waals surface area contributed by atoms with E-state index in [1.54, 1.807) is 0 Å². The highest BCUT2D eigenvalue weighted by molar-refractivity contribution is 14.1. The van der Waals surface area contributed by atoms with E-state index in [1.807, 2.05) is 0 Å². The minimum atomic E-state index is 0.547. The average molecular weight is 310 g/mol. The van der Waals surface area contributed by atoms with Crippen molar-refractivity contribution in [1.29, 1.82) is 0 Å². The lowest BCUT2D eigenvalue weighted by atomic mass is 9.99. The van der Waals surface area contributed by atoms with E-state index in [0.717, 1.165) is 9.84 Å². The molecule has 0 amide bonds. The highest BCUT2D eigenvalue weighted by Gasteiger charge is 2.29. The van der Waals surface area contributed by atoms with Crippen LogP contribution in [0.15, 0.2) is 0 Å². The summed E-state index contributed by atoms with van der Waals surface area (Å²) in [6.45, 7) is 6.83. The minimum absolute atomic E-state index is 0.547. The molecule has 1 saturated heterocycles. The van der Waals surface area contributed by atoms with Crippen molar-refractivity contribution in [3.63, 3.8) is 0 Å². The fraction of sp³-hybridized carbons (Fsp3) is 1.00. The first-order valence-corrected chi connectivity index (χ1v) is 7.21. The van der Waals surface area contributed by atoms with Crippen LogP contribution in [-0.2, 0) is 4.74 Å². The molecule has 2 heteroatoms. The molecule has 4 unspecified atom stereocenters. The monoisotopic (exact) mass is 310 g/mol. The fourth-order valence-electron chi connectivity index (χ4n) is 2.04. The average Bonchev–Trinajstić information content (AvgIpc) is 2.65. The zero-order valence-electron chi connectivity index (χ0n) is 9.63. The van der Waals surface area contributed by atoms with Crippen LogP contribution in [0.3, 0.4) is 0 Å². The van der Waals surface area contributed by atoms with Crippen molar-refractivity contribution in [2.75, 3.05) is 0 Å². The predicted octanol–water partition coefficient (Wildman–Crippen LogP) is 4.18. The summed E-state index contributed by atoms with van der Waals surface area (Å²) in [5, 5.41) is 0. The van der Waals surface area contributed by atoms with Crippen LogP contribution in [-0.4, -0.2) is 16.1 Å². The maximum absolute atomic E-state index is 6.08. The van der Waals surface area contributed by atoms with Crippen LogP contribution < -0.4 is 0 Å². The summed E-state index contributed by atoms with van der Waals surface area (Å²) in [6.07, 6.45) is 7.44. The summed E-state index contributed by atoms with van der Waals surface area (Å²) >= 11 is 2.55. The van der Waals surface area contributed by atoms with E-state index in [1.165, 1.54) is 32.1 Å². The molecular weight excluding hydrogens is 287 g/mol. The third kappa shape index (κ3) is 3.69. The zero-order valence-corrected chi connectivity index (χ0v) is 11.8. The molecule has 0 saturated carbocycles. The Morgan fingerprint density at radius 3 is 2.57 bits per heavy atom. The van der Waals surface area contributed by atoms with Crippen molar-refractivity contribution in [3.05, 3.63) is 0 Å². The van der Waals surface area contributed by atoms with Crippen molar-refractivity contribution < 1.29 is 4.74 Å². The van der Waals surface area contributed by atoms with E-state index in [0.29, 0.717) is 12.2 Å². The number of rotatable bonds is 5. The third-order valence-corrected chi connectivity index (χ3v) is 4.77. The van der Waals surface area contributed by atoms with Gasteiger partial charge in [-0.1, -0.05) is 49.8 Å². The predicted molar refractivity (Wildman–Crippen MR) is 70.1 cm³/mol. The Bertz CT molecular complexity index is 160. The maximum Gasteiger partial charge on any atom is 0.0605 e. The Labute approximate surface area is 102 Å². The van der Waals surface area contributed by atoms with Crippen molar-refractivity contribution in [2.24, 2.45) is 5.92 Å². The van der Waals surface area contributed by atoms with Gasteiger partial charge in [-0.15, -0.1) is 0 Å². The lowest BCUT2D eigenvalue weighted by Gasteiger charge is -2.19. The van der Waals surface area contributed by atoms with E-state index in [9.17, 15) is 0 Å². The highest BCUT2D eigenvalue weighted by Crippen LogP contribution is 2.30. The molecule has 84 valence electrons. The highest BCUT2D eigenvalue weighted by atomic mass is 127. The molecule has 0 bridgehead atoms. The number of hydrogen-bond donors (Lipinski definition) is 0. The molecule has 1 nitrogen and oxygen atoms in total. The first-order valence-electron chi connectivity index (χ1n) is 5.96. The summed E-state index contributed by atoms with van der Waals surface area (Å²) < 4.78 is 6.88. The van der Waals surface area contributed by atoms with Crippen LogP contribution in [0.4, 0.5) is 0 Å². The van der Waals surface area contributed by atoms with Gasteiger partial charge in [-0.05, 0) is 31.6 Å². The Morgan fingerprint density at radius 1 is 1.29 bits per heavy atom. The standard InChI is InChI=1S/C12H23IO/c1-4-9(3)12-7-6-11(14-12)8-10(13)5-2/h9-12H,4-8H2,1-3H3. The van der Waals surface area contributed by atoms with Gasteiger partial charge in [-0.25, -0.2) is 0 Å². The first-order chi connectivity index (χ1) is 6.67. The van der Waals surface area contributed by atoms with Crippen molar-refractivity contribution >= 4 is 22.6 Å². The van der Waals surface area contributed by atoms with Crippen LogP contribution in [0, 0.1) is 5.92 Å². The molecule has 0 aromatic heterocycles. The van der Waals surface area contributed by atoms with E-state index >= 15 is 0 Å². The van der Waals surface area contributed by atoms with Gasteiger partial charge in [0.25, 0.3) is 0 Å². The SMILES string of the molecule is CCC(I)CC1CCC(C(C)CC)O1. The Hall–Kier alpha value is 0.690. The topological polar surface area (TPSA) is 9.23 Å². The largest absolute Gasteiger partial charge is 0.375 e. The molecule has 1 aliphatic heterocycles. The van der Waals surface area contributed by atoms with Gasteiger partial charge in [0.05, 0.1) is 12.2 Å². The van der Waals surface area contributed by atoms with E-state index < -0.39 is 0 Å². The lowest BCUT2D eigenvalue weighted by molar-refractivity contribution is 0.0110. The third-order valence-electron chi connectivity index (χ3n) is 3.38. The van der Waals surface area contributed by atoms with Crippen molar-refractivity contribution in [3.8, 4) is 0 Å². The molecule has 0 aromatic rings. The van der Waals surface area contributed by atoms with Gasteiger partial charge in [0.2, 0.25) is 0 Å². The molecule has 1 rings (SSSR count). The molecular formula is C12H23IO. The van der Waals surface area contributed by atoms with Crippen molar-refractivity contribution in [1.82, 2.24) is 0 Å². The first kappa shape index (κ1) is 12.8. The minimum Gasteiger partial charge on any atom is -0.375 e. The Morgan fingerprint density at radius 2 is 2.00 bits per heavy atom. The molecule has 1 fully saturated rings. The Balaban J connectivity index is 2.26. The molecule has 1 heterocycles. The van der Waals surface area contributed by atoms with Crippen LogP contribution in [0.2, 0.25) is 0 Å². The molecule has 0 spiro atoms. The molecule has 0 aliphatic carbocycles. The van der Waals surface area contributed by atoms with Gasteiger partial charge in [0.15, 0.2) is 0 Å². The maximum atomic E-state index is 6.08. The molecule has 0 radical (unpaired) electrons. The summed E-state index contributed by atoms with van der Waals surface area (Å²) in [7, 11) is 0. The second-order valence-electron chi connectivity index (χ2n) is 4.50. The van der Waals surface area contributed by atoms with Gasteiger partial charge in [-0.3, -0.25) is 0 Å². The van der Waals surface area contributed by atoms with E-state index in [4.69, 9.17) is 4.74 Å². The van der Waals surface area contributed by atoms with E-state index in [2.05, 4.69) is 43.4 Å². The second-order valence-corrected chi connectivity index (χ2v) is 6.26. The number of ether oxygens (including phenoxy) is 1. The van der Waals surface area contributed by atoms with E-state index in [-0.39, 0.29) is 0 Å². The molecule has 0 aromatic carbocycles. The molecule has 4 atom stereocenters. The van der Waals surface area contributed by atoms with Gasteiger partial charge in [0, 0.05) is 3.92 Å². The summed E-state index contributed by atoms with van der Waals surface area (Å²) in [5.74, 6) is 0.745. The Kier molecular flexibility index (Phi) is 5.75. The summed E-state index contributed by atoms with van der Waals surface area (Å²) in [4.78, 5) is 0. The van der Waals surface area contributed by atoms with Gasteiger partial charge >= 0.3 is 0 Å². The molecule has 14 heavy (non-hydrogen) atoms. The van der Waals surface area contributed by atoms with Crippen molar-refractivity contribution in [2.45, 2.75) is 69.0 Å².